The molecule has 1 aliphatic carbocycles. The lowest BCUT2D eigenvalue weighted by Gasteiger charge is -2.60. The summed E-state index contributed by atoms with van der Waals surface area (Å²) >= 11 is 0. The molecule has 2 aliphatic rings. The maximum atomic E-state index is 13.5. The number of benzene rings is 2. The summed E-state index contributed by atoms with van der Waals surface area (Å²) in [5.74, 6) is 0.306. The van der Waals surface area contributed by atoms with Crippen molar-refractivity contribution in [3.63, 3.8) is 0 Å². The molecule has 0 radical (unpaired) electrons. The largest absolute Gasteiger partial charge is 0.508 e. The van der Waals surface area contributed by atoms with Gasteiger partial charge in [0, 0.05) is 23.4 Å². The first-order valence-electron chi connectivity index (χ1n) is 9.90. The zero-order chi connectivity index (χ0) is 19.7. The highest BCUT2D eigenvalue weighted by molar-refractivity contribution is 6.04. The number of hydrogen-bond donors (Lipinski definition) is 2. The van der Waals surface area contributed by atoms with Gasteiger partial charge in [0.15, 0.2) is 5.69 Å². The molecule has 2 N–H and O–H groups in total. The molecule has 5 nitrogen and oxygen atoms in total. The average Bonchev–Trinajstić information content (AvgIpc) is 3.09. The summed E-state index contributed by atoms with van der Waals surface area (Å²) in [5, 5.41) is 18.7. The van der Waals surface area contributed by atoms with Crippen LogP contribution in [-0.4, -0.2) is 38.7 Å². The smallest absolute Gasteiger partial charge is 0.275 e. The lowest BCUT2D eigenvalue weighted by molar-refractivity contribution is -0.0268. The number of amides is 1. The minimum Gasteiger partial charge on any atom is -0.508 e. The Morgan fingerprint density at radius 2 is 1.96 bits per heavy atom. The third-order valence-corrected chi connectivity index (χ3v) is 7.56. The zero-order valence-electron chi connectivity index (χ0n) is 16.5. The molecule has 1 aliphatic heterocycles. The predicted molar refractivity (Wildman–Crippen MR) is 108 cm³/mol. The molecule has 1 amide bonds. The molecular weight excluding hydrogens is 350 g/mol. The van der Waals surface area contributed by atoms with Crippen molar-refractivity contribution in [1.82, 2.24) is 15.1 Å². The van der Waals surface area contributed by atoms with Crippen molar-refractivity contribution in [1.29, 1.82) is 0 Å². The van der Waals surface area contributed by atoms with E-state index in [2.05, 4.69) is 37.0 Å². The van der Waals surface area contributed by atoms with Crippen LogP contribution in [0.1, 0.15) is 48.8 Å². The molecule has 0 unspecified atom stereocenters. The number of para-hydroxylation sites is 1. The van der Waals surface area contributed by atoms with Gasteiger partial charge in [-0.25, -0.2) is 0 Å². The number of phenols is 1. The van der Waals surface area contributed by atoms with E-state index >= 15 is 0 Å². The van der Waals surface area contributed by atoms with Gasteiger partial charge in [-0.3, -0.25) is 9.89 Å². The zero-order valence-corrected chi connectivity index (χ0v) is 16.5. The monoisotopic (exact) mass is 375 g/mol. The molecule has 2 heterocycles. The molecule has 1 aromatic heterocycles. The number of aromatic nitrogens is 2. The highest BCUT2D eigenvalue weighted by atomic mass is 16.3. The Labute approximate surface area is 164 Å². The summed E-state index contributed by atoms with van der Waals surface area (Å²) in [6.45, 7) is 7.49. The molecule has 5 heteroatoms. The van der Waals surface area contributed by atoms with Gasteiger partial charge in [0.05, 0.1) is 5.52 Å². The second-order valence-corrected chi connectivity index (χ2v) is 8.94. The summed E-state index contributed by atoms with van der Waals surface area (Å²) in [6.07, 6.45) is 1.53. The molecule has 1 saturated heterocycles. The Morgan fingerprint density at radius 1 is 1.18 bits per heavy atom. The second kappa shape index (κ2) is 5.60. The first kappa shape index (κ1) is 17.3. The maximum absolute atomic E-state index is 13.5. The van der Waals surface area contributed by atoms with E-state index in [1.165, 1.54) is 5.56 Å². The van der Waals surface area contributed by atoms with Crippen molar-refractivity contribution in [2.24, 2.45) is 5.41 Å². The summed E-state index contributed by atoms with van der Waals surface area (Å²) in [5.41, 5.74) is 3.36. The lowest BCUT2D eigenvalue weighted by atomic mass is 9.51. The van der Waals surface area contributed by atoms with Gasteiger partial charge in [-0.2, -0.15) is 5.10 Å². The van der Waals surface area contributed by atoms with Crippen LogP contribution in [0.2, 0.25) is 0 Å². The summed E-state index contributed by atoms with van der Waals surface area (Å²) in [4.78, 5) is 15.5. The van der Waals surface area contributed by atoms with Crippen LogP contribution in [0.4, 0.5) is 0 Å². The first-order chi connectivity index (χ1) is 13.3. The van der Waals surface area contributed by atoms with E-state index in [0.717, 1.165) is 22.9 Å². The topological polar surface area (TPSA) is 69.2 Å². The van der Waals surface area contributed by atoms with Crippen LogP contribution in [0.15, 0.2) is 42.5 Å². The molecule has 144 valence electrons. The number of hydrogen-bond acceptors (Lipinski definition) is 3. The summed E-state index contributed by atoms with van der Waals surface area (Å²) in [7, 11) is 0. The van der Waals surface area contributed by atoms with Gasteiger partial charge in [-0.15, -0.1) is 0 Å². The number of carbonyl (C=O) groups excluding carboxylic acids is 1. The van der Waals surface area contributed by atoms with Crippen LogP contribution in [0.3, 0.4) is 0 Å². The van der Waals surface area contributed by atoms with Crippen molar-refractivity contribution in [2.45, 2.75) is 45.1 Å². The van der Waals surface area contributed by atoms with Crippen molar-refractivity contribution in [3.8, 4) is 5.75 Å². The minimum atomic E-state index is -0.117. The summed E-state index contributed by atoms with van der Waals surface area (Å²) < 4.78 is 0. The maximum Gasteiger partial charge on any atom is 0.275 e. The highest BCUT2D eigenvalue weighted by Gasteiger charge is 2.57. The molecule has 0 saturated carbocycles. The van der Waals surface area contributed by atoms with E-state index in [1.807, 2.05) is 35.2 Å². The number of nitrogens with one attached hydrogen (secondary N) is 1. The van der Waals surface area contributed by atoms with E-state index in [4.69, 9.17) is 0 Å². The Balaban J connectivity index is 1.61. The third-order valence-electron chi connectivity index (χ3n) is 7.56. The van der Waals surface area contributed by atoms with Crippen LogP contribution in [0, 0.1) is 5.41 Å². The van der Waals surface area contributed by atoms with Gasteiger partial charge in [0.1, 0.15) is 5.75 Å². The number of carbonyl (C=O) groups is 1. The van der Waals surface area contributed by atoms with Gasteiger partial charge in [0.25, 0.3) is 5.91 Å². The van der Waals surface area contributed by atoms with E-state index in [0.29, 0.717) is 24.4 Å². The van der Waals surface area contributed by atoms with Crippen molar-refractivity contribution < 1.29 is 9.90 Å². The van der Waals surface area contributed by atoms with Crippen LogP contribution in [0.5, 0.6) is 5.75 Å². The number of aromatic hydroxyl groups is 1. The molecule has 2 atom stereocenters. The number of rotatable bonds is 1. The quantitative estimate of drug-likeness (QED) is 0.675. The first-order valence-corrected chi connectivity index (χ1v) is 9.90. The fourth-order valence-corrected chi connectivity index (χ4v) is 5.43. The Bertz CT molecular complexity index is 1100. The molecule has 3 aromatic rings. The number of aromatic amines is 1. The SMILES string of the molecule is CC1(C)[C@H]2Cc3c(O)cccc3[C@]1(C)CCN2C(=O)c1n[nH]c2ccccc12. The van der Waals surface area contributed by atoms with Gasteiger partial charge < -0.3 is 10.0 Å². The number of piperidine rings is 1. The Kier molecular flexibility index (Phi) is 3.46. The van der Waals surface area contributed by atoms with Gasteiger partial charge >= 0.3 is 0 Å². The van der Waals surface area contributed by atoms with Gasteiger partial charge in [-0.1, -0.05) is 51.1 Å². The van der Waals surface area contributed by atoms with E-state index in [-0.39, 0.29) is 22.8 Å². The van der Waals surface area contributed by atoms with Crippen molar-refractivity contribution in [2.75, 3.05) is 6.54 Å². The normalized spacial score (nSPS) is 25.5. The number of phenolic OH excluding ortho intramolecular Hbond substituents is 1. The van der Waals surface area contributed by atoms with Gasteiger partial charge in [-0.05, 0) is 41.5 Å². The van der Waals surface area contributed by atoms with Crippen molar-refractivity contribution >= 4 is 16.8 Å². The van der Waals surface area contributed by atoms with E-state index < -0.39 is 0 Å². The number of likely N-dealkylation sites (tertiary alicyclic amines) is 1. The van der Waals surface area contributed by atoms with Crippen LogP contribution in [-0.2, 0) is 11.8 Å². The van der Waals surface area contributed by atoms with E-state index in [1.54, 1.807) is 6.07 Å². The fraction of sp³-hybridized carbons (Fsp3) is 0.391. The molecule has 2 bridgehead atoms. The average molecular weight is 375 g/mol. The number of fused-ring (bicyclic) bond motifs is 5. The lowest BCUT2D eigenvalue weighted by Crippen LogP contribution is -2.64. The summed E-state index contributed by atoms with van der Waals surface area (Å²) in [6, 6.07) is 13.6. The number of H-pyrrole nitrogens is 1. The van der Waals surface area contributed by atoms with Crippen LogP contribution in [0.25, 0.3) is 10.9 Å². The Morgan fingerprint density at radius 3 is 2.79 bits per heavy atom. The molecular formula is C23H25N3O2. The fourth-order valence-electron chi connectivity index (χ4n) is 5.43. The van der Waals surface area contributed by atoms with Gasteiger partial charge in [0.2, 0.25) is 0 Å². The highest BCUT2D eigenvalue weighted by Crippen LogP contribution is 2.57. The second-order valence-electron chi connectivity index (χ2n) is 8.94. The van der Waals surface area contributed by atoms with Crippen molar-refractivity contribution in [3.05, 3.63) is 59.3 Å². The predicted octanol–water partition coefficient (Wildman–Crippen LogP) is 4.02. The molecule has 5 rings (SSSR count). The van der Waals surface area contributed by atoms with E-state index in [9.17, 15) is 9.90 Å². The Hall–Kier alpha value is -2.82. The van der Waals surface area contributed by atoms with Crippen LogP contribution >= 0.6 is 0 Å². The standard InChI is InChI=1S/C23H25N3O2/c1-22(2)19-13-15-16(8-6-10-18(15)27)23(22,3)11-12-26(19)21(28)20-14-7-4-5-9-17(14)24-25-20/h4-10,19,27H,11-13H2,1-3H3,(H,24,25)/t19-,23+/m1/s1. The molecule has 28 heavy (non-hydrogen) atoms. The molecule has 2 aromatic carbocycles. The molecule has 0 spiro atoms. The van der Waals surface area contributed by atoms with Crippen LogP contribution < -0.4 is 0 Å². The molecule has 1 fully saturated rings. The minimum absolute atomic E-state index is 0.00927. The number of nitrogens with zero attached hydrogens (tertiary/aromatic N) is 2. The third kappa shape index (κ3) is 2.07.